The van der Waals surface area contributed by atoms with Crippen molar-refractivity contribution in [1.29, 1.82) is 0 Å². The summed E-state index contributed by atoms with van der Waals surface area (Å²) in [5, 5.41) is 0.917. The van der Waals surface area contributed by atoms with E-state index < -0.39 is 13.9 Å². The zero-order valence-electron chi connectivity index (χ0n) is 11.7. The van der Waals surface area contributed by atoms with Crippen molar-refractivity contribution in [3.63, 3.8) is 0 Å². The molecule has 0 saturated heterocycles. The Morgan fingerprint density at radius 1 is 1.22 bits per heavy atom. The second kappa shape index (κ2) is 5.26. The number of rotatable bonds is 2. The van der Waals surface area contributed by atoms with E-state index in [1.54, 1.807) is 0 Å². The van der Waals surface area contributed by atoms with E-state index >= 15 is 0 Å². The molecule has 0 aromatic rings. The van der Waals surface area contributed by atoms with Gasteiger partial charge in [-0.05, 0) is 45.3 Å². The molecule has 103 valence electrons. The number of Topliss-reactive ketones (excluding diaryl/α,β-unsaturated/α-hetero) is 1. The minimum absolute atomic E-state index is 0.0213. The molecule has 0 heterocycles. The van der Waals surface area contributed by atoms with Crippen molar-refractivity contribution in [3.8, 4) is 0 Å². The Kier molecular flexibility index (Phi) is 4.25. The van der Waals surface area contributed by atoms with Gasteiger partial charge in [0, 0.05) is 12.3 Å². The zero-order valence-corrected chi connectivity index (χ0v) is 13.5. The molecule has 2 saturated carbocycles. The molecule has 0 aromatic carbocycles. The van der Waals surface area contributed by atoms with E-state index in [-0.39, 0.29) is 5.92 Å². The third-order valence-corrected chi connectivity index (χ3v) is 5.49. The quantitative estimate of drug-likeness (QED) is 0.708. The lowest BCUT2D eigenvalue weighted by atomic mass is 9.72. The summed E-state index contributed by atoms with van der Waals surface area (Å²) in [5.41, 5.74) is -0.433. The maximum atomic E-state index is 12.3. The second-order valence-electron chi connectivity index (χ2n) is 6.63. The number of ketones is 1. The lowest BCUT2D eigenvalue weighted by molar-refractivity contribution is -0.131. The van der Waals surface area contributed by atoms with Gasteiger partial charge < -0.3 is 4.43 Å². The van der Waals surface area contributed by atoms with Crippen LogP contribution in [0.1, 0.15) is 44.9 Å². The first-order valence-corrected chi connectivity index (χ1v) is 10.9. The minimum atomic E-state index is -1.71. The van der Waals surface area contributed by atoms with Crippen molar-refractivity contribution in [1.82, 2.24) is 0 Å². The monoisotopic (exact) mass is 287 g/mol. The molecule has 1 unspecified atom stereocenters. The molecule has 2 atom stereocenters. The topological polar surface area (TPSA) is 26.3 Å². The molecule has 0 aromatic heterocycles. The van der Waals surface area contributed by atoms with Gasteiger partial charge in [0.2, 0.25) is 0 Å². The molecule has 2 aliphatic carbocycles. The van der Waals surface area contributed by atoms with Crippen LogP contribution in [-0.2, 0) is 9.22 Å². The van der Waals surface area contributed by atoms with Crippen molar-refractivity contribution in [2.45, 2.75) is 70.2 Å². The predicted molar refractivity (Wildman–Crippen MR) is 77.1 cm³/mol. The Morgan fingerprint density at radius 2 is 1.94 bits per heavy atom. The third-order valence-electron chi connectivity index (χ3n) is 4.01. The molecular formula is C14H24ClO2Si. The van der Waals surface area contributed by atoms with Gasteiger partial charge in [-0.25, -0.2) is 0 Å². The van der Waals surface area contributed by atoms with Crippen LogP contribution in [0.25, 0.3) is 0 Å². The van der Waals surface area contributed by atoms with E-state index in [0.717, 1.165) is 43.9 Å². The van der Waals surface area contributed by atoms with Crippen LogP contribution in [0.3, 0.4) is 0 Å². The smallest absolute Gasteiger partial charge is 0.184 e. The number of carbonyl (C=O) groups excluding carboxylic acids is 1. The minimum Gasteiger partial charge on any atom is -0.410 e. The fraction of sp³-hybridized carbons (Fsp3) is 0.857. The highest BCUT2D eigenvalue weighted by molar-refractivity contribution is 6.70. The van der Waals surface area contributed by atoms with Gasteiger partial charge in [-0.1, -0.05) is 12.8 Å². The summed E-state index contributed by atoms with van der Waals surface area (Å²) in [6, 6.07) is 0. The molecule has 2 aliphatic rings. The number of fused-ring (bicyclic) bond motifs is 1. The first-order valence-electron chi connectivity index (χ1n) is 7.10. The van der Waals surface area contributed by atoms with E-state index in [9.17, 15) is 4.79 Å². The highest BCUT2D eigenvalue weighted by Gasteiger charge is 2.53. The van der Waals surface area contributed by atoms with E-state index in [1.165, 1.54) is 0 Å². The summed E-state index contributed by atoms with van der Waals surface area (Å²) in [7, 11) is -1.71. The van der Waals surface area contributed by atoms with Crippen LogP contribution in [0, 0.1) is 11.3 Å². The molecular weight excluding hydrogens is 264 g/mol. The standard InChI is InChI=1S/C14H24ClO2Si/c1-18(2,3)17-14-10-5-4-7-11(14)12(16)8-6-9-13(14)15/h11H,4-10H2,1-3H3/t11?,14-/m1/s1. The fourth-order valence-electron chi connectivity index (χ4n) is 3.42. The van der Waals surface area contributed by atoms with E-state index in [2.05, 4.69) is 19.6 Å². The SMILES string of the molecule is C[Si](C)(C)O[C@]12CCCCC1C(=O)CCC[C]2Cl. The summed E-state index contributed by atoms with van der Waals surface area (Å²) in [4.78, 5) is 12.3. The van der Waals surface area contributed by atoms with Crippen molar-refractivity contribution < 1.29 is 9.22 Å². The summed E-state index contributed by atoms with van der Waals surface area (Å²) >= 11 is 6.58. The number of hydrogen-bond donors (Lipinski definition) is 0. The second-order valence-corrected chi connectivity index (χ2v) is 11.5. The predicted octanol–water partition coefficient (Wildman–Crippen LogP) is 4.29. The summed E-state index contributed by atoms with van der Waals surface area (Å²) in [5.74, 6) is 0.400. The molecule has 0 bridgehead atoms. The highest BCUT2D eigenvalue weighted by atomic mass is 35.5. The lowest BCUT2D eigenvalue weighted by Gasteiger charge is -2.48. The van der Waals surface area contributed by atoms with E-state index in [4.69, 9.17) is 16.0 Å². The Hall–Kier alpha value is 0.137. The summed E-state index contributed by atoms with van der Waals surface area (Å²) in [6.45, 7) is 6.56. The van der Waals surface area contributed by atoms with E-state index in [0.29, 0.717) is 12.2 Å². The normalized spacial score (nSPS) is 35.1. The van der Waals surface area contributed by atoms with Crippen LogP contribution >= 0.6 is 11.6 Å². The van der Waals surface area contributed by atoms with Crippen molar-refractivity contribution in [3.05, 3.63) is 5.38 Å². The van der Waals surface area contributed by atoms with Crippen LogP contribution in [0.5, 0.6) is 0 Å². The molecule has 0 N–H and O–H groups in total. The zero-order chi connectivity index (χ0) is 13.4. The van der Waals surface area contributed by atoms with Gasteiger partial charge in [0.15, 0.2) is 8.32 Å². The molecule has 0 spiro atoms. The van der Waals surface area contributed by atoms with Crippen LogP contribution in [0.15, 0.2) is 0 Å². The molecule has 2 fully saturated rings. The van der Waals surface area contributed by atoms with Gasteiger partial charge in [0.25, 0.3) is 0 Å². The average Bonchev–Trinajstić information content (AvgIpc) is 2.37. The van der Waals surface area contributed by atoms with Gasteiger partial charge in [0.05, 0.1) is 11.0 Å². The molecule has 0 aliphatic heterocycles. The Morgan fingerprint density at radius 3 is 2.61 bits per heavy atom. The first kappa shape index (κ1) is 14.5. The maximum absolute atomic E-state index is 12.3. The van der Waals surface area contributed by atoms with E-state index in [1.807, 2.05) is 0 Å². The van der Waals surface area contributed by atoms with Crippen molar-refractivity contribution in [2.24, 2.45) is 5.92 Å². The summed E-state index contributed by atoms with van der Waals surface area (Å²) in [6.07, 6.45) is 6.57. The van der Waals surface area contributed by atoms with Gasteiger partial charge >= 0.3 is 0 Å². The van der Waals surface area contributed by atoms with Crippen LogP contribution in [0.2, 0.25) is 19.6 Å². The molecule has 2 nitrogen and oxygen atoms in total. The highest BCUT2D eigenvalue weighted by Crippen LogP contribution is 2.50. The Labute approximate surface area is 117 Å². The Bertz CT molecular complexity index is 326. The number of carbonyl (C=O) groups is 1. The fourth-order valence-corrected chi connectivity index (χ4v) is 5.34. The first-order chi connectivity index (χ1) is 8.35. The summed E-state index contributed by atoms with van der Waals surface area (Å²) < 4.78 is 6.48. The van der Waals surface area contributed by atoms with Crippen molar-refractivity contribution in [2.75, 3.05) is 0 Å². The van der Waals surface area contributed by atoms with Crippen LogP contribution < -0.4 is 0 Å². The number of hydrogen-bond acceptors (Lipinski definition) is 2. The average molecular weight is 288 g/mol. The molecule has 4 heteroatoms. The molecule has 18 heavy (non-hydrogen) atoms. The maximum Gasteiger partial charge on any atom is 0.184 e. The molecule has 1 radical (unpaired) electrons. The van der Waals surface area contributed by atoms with Gasteiger partial charge in [-0.3, -0.25) is 4.79 Å². The third kappa shape index (κ3) is 2.83. The van der Waals surface area contributed by atoms with Gasteiger partial charge in [0.1, 0.15) is 5.78 Å². The molecule has 0 amide bonds. The molecule has 2 rings (SSSR count). The van der Waals surface area contributed by atoms with Gasteiger partial charge in [-0.15, -0.1) is 11.6 Å². The Balaban J connectivity index is 2.35. The number of halogens is 1. The van der Waals surface area contributed by atoms with Gasteiger partial charge in [-0.2, -0.15) is 0 Å². The van der Waals surface area contributed by atoms with Crippen LogP contribution in [-0.4, -0.2) is 19.7 Å². The van der Waals surface area contributed by atoms with Crippen LogP contribution in [0.4, 0.5) is 0 Å². The largest absolute Gasteiger partial charge is 0.410 e. The van der Waals surface area contributed by atoms with Crippen molar-refractivity contribution >= 4 is 25.7 Å². The lowest BCUT2D eigenvalue weighted by Crippen LogP contribution is -2.54.